The highest BCUT2D eigenvalue weighted by molar-refractivity contribution is 6.33. The maximum atomic E-state index is 12.0. The molecule has 2 heterocycles. The quantitative estimate of drug-likeness (QED) is 0.682. The number of fused-ring (bicyclic) bond motifs is 1. The van der Waals surface area contributed by atoms with E-state index in [1.54, 1.807) is 6.07 Å². The third-order valence-corrected chi connectivity index (χ3v) is 5.57. The van der Waals surface area contributed by atoms with Gasteiger partial charge < -0.3 is 20.2 Å². The summed E-state index contributed by atoms with van der Waals surface area (Å²) in [7, 11) is 0. The lowest BCUT2D eigenvalue weighted by Gasteiger charge is -2.46. The first-order chi connectivity index (χ1) is 12.5. The molecule has 1 saturated heterocycles. The van der Waals surface area contributed by atoms with Crippen molar-refractivity contribution in [1.82, 2.24) is 10.6 Å². The van der Waals surface area contributed by atoms with Gasteiger partial charge in [0.25, 0.3) is 0 Å². The molecule has 1 fully saturated rings. The molecule has 2 aromatic rings. The van der Waals surface area contributed by atoms with Crippen LogP contribution < -0.4 is 16.3 Å². The van der Waals surface area contributed by atoms with Crippen molar-refractivity contribution in [1.29, 1.82) is 0 Å². The van der Waals surface area contributed by atoms with E-state index in [1.165, 1.54) is 6.07 Å². The Labute approximate surface area is 165 Å². The van der Waals surface area contributed by atoms with E-state index in [2.05, 4.69) is 38.3 Å². The first-order valence-corrected chi connectivity index (χ1v) is 9.89. The number of aryl methyl sites for hydroxylation is 1. The first-order valence-electron chi connectivity index (χ1n) is 9.51. The van der Waals surface area contributed by atoms with Crippen LogP contribution in [-0.2, 0) is 13.0 Å². The Morgan fingerprint density at radius 3 is 2.48 bits per heavy atom. The second kappa shape index (κ2) is 7.12. The Morgan fingerprint density at radius 2 is 1.89 bits per heavy atom. The van der Waals surface area contributed by atoms with Gasteiger partial charge in [-0.25, -0.2) is 4.79 Å². The minimum absolute atomic E-state index is 0.0137. The number of hydrogen-bond acceptors (Lipinski definition) is 5. The van der Waals surface area contributed by atoms with E-state index >= 15 is 0 Å². The summed E-state index contributed by atoms with van der Waals surface area (Å²) in [4.78, 5) is 12.0. The Kier molecular flexibility index (Phi) is 5.32. The molecule has 0 atom stereocenters. The molecule has 5 nitrogen and oxygen atoms in total. The molecule has 0 spiro atoms. The third kappa shape index (κ3) is 4.31. The van der Waals surface area contributed by atoms with Gasteiger partial charge in [-0.2, -0.15) is 0 Å². The van der Waals surface area contributed by atoms with Crippen molar-refractivity contribution in [3.05, 3.63) is 38.7 Å². The van der Waals surface area contributed by atoms with E-state index in [4.69, 9.17) is 16.0 Å². The standard InChI is InChI=1S/C21H29ClN2O3/c1-6-12-7-17(25)27-19-14(12)8-16(22)18(26)15(19)11-23-13-9-20(2,3)24-21(4,5)10-13/h7-8,13,23-24,26H,6,9-11H2,1-5H3. The molecule has 0 saturated carbocycles. The van der Waals surface area contributed by atoms with Gasteiger partial charge >= 0.3 is 5.63 Å². The lowest BCUT2D eigenvalue weighted by atomic mass is 9.79. The minimum Gasteiger partial charge on any atom is -0.506 e. The highest BCUT2D eigenvalue weighted by Gasteiger charge is 2.37. The number of rotatable bonds is 4. The van der Waals surface area contributed by atoms with E-state index < -0.39 is 5.63 Å². The summed E-state index contributed by atoms with van der Waals surface area (Å²) in [5.41, 5.74) is 1.44. The van der Waals surface area contributed by atoms with Gasteiger partial charge in [0.15, 0.2) is 0 Å². The molecule has 1 aliphatic rings. The smallest absolute Gasteiger partial charge is 0.336 e. The van der Waals surface area contributed by atoms with E-state index in [-0.39, 0.29) is 27.9 Å². The molecule has 0 radical (unpaired) electrons. The van der Waals surface area contributed by atoms with Crippen LogP contribution in [0.4, 0.5) is 0 Å². The average Bonchev–Trinajstić information content (AvgIpc) is 2.52. The number of phenolic OH excluding ortho intramolecular Hbond substituents is 1. The van der Waals surface area contributed by atoms with Crippen LogP contribution in [0.1, 0.15) is 58.6 Å². The van der Waals surface area contributed by atoms with E-state index in [0.717, 1.165) is 23.8 Å². The highest BCUT2D eigenvalue weighted by atomic mass is 35.5. The molecule has 27 heavy (non-hydrogen) atoms. The normalized spacial score (nSPS) is 19.5. The summed E-state index contributed by atoms with van der Waals surface area (Å²) in [6, 6.07) is 3.43. The molecular formula is C21H29ClN2O3. The number of phenols is 1. The Balaban J connectivity index is 1.96. The van der Waals surface area contributed by atoms with Crippen LogP contribution >= 0.6 is 11.6 Å². The summed E-state index contributed by atoms with van der Waals surface area (Å²) < 4.78 is 5.47. The molecule has 0 amide bonds. The summed E-state index contributed by atoms with van der Waals surface area (Å²) >= 11 is 6.27. The lowest BCUT2D eigenvalue weighted by Crippen LogP contribution is -2.61. The van der Waals surface area contributed by atoms with Gasteiger partial charge in [0.1, 0.15) is 11.3 Å². The fourth-order valence-corrected chi connectivity index (χ4v) is 4.77. The van der Waals surface area contributed by atoms with Crippen molar-refractivity contribution in [2.75, 3.05) is 0 Å². The maximum absolute atomic E-state index is 12.0. The van der Waals surface area contributed by atoms with Gasteiger partial charge in [0.2, 0.25) is 0 Å². The number of benzene rings is 1. The van der Waals surface area contributed by atoms with Gasteiger partial charge in [0.05, 0.1) is 10.6 Å². The first kappa shape index (κ1) is 20.2. The Hall–Kier alpha value is -1.56. The molecule has 1 aromatic carbocycles. The van der Waals surface area contributed by atoms with E-state index in [9.17, 15) is 9.90 Å². The molecule has 6 heteroatoms. The summed E-state index contributed by atoms with van der Waals surface area (Å²) in [6.45, 7) is 11.1. The van der Waals surface area contributed by atoms with Crippen LogP contribution in [-0.4, -0.2) is 22.2 Å². The van der Waals surface area contributed by atoms with E-state index in [1.807, 2.05) is 6.92 Å². The van der Waals surface area contributed by atoms with Crippen LogP contribution in [0.25, 0.3) is 11.0 Å². The van der Waals surface area contributed by atoms with Crippen molar-refractivity contribution in [3.63, 3.8) is 0 Å². The lowest BCUT2D eigenvalue weighted by molar-refractivity contribution is 0.145. The SMILES string of the molecule is CCc1cc(=O)oc2c(CNC3CC(C)(C)NC(C)(C)C3)c(O)c(Cl)cc12. The third-order valence-electron chi connectivity index (χ3n) is 5.28. The number of halogens is 1. The van der Waals surface area contributed by atoms with Crippen LogP contribution in [0.5, 0.6) is 5.75 Å². The van der Waals surface area contributed by atoms with Crippen LogP contribution in [0.2, 0.25) is 5.02 Å². The van der Waals surface area contributed by atoms with Crippen molar-refractivity contribution in [2.24, 2.45) is 0 Å². The van der Waals surface area contributed by atoms with Crippen molar-refractivity contribution < 1.29 is 9.52 Å². The predicted octanol–water partition coefficient (Wildman–Crippen LogP) is 4.11. The fourth-order valence-electron chi connectivity index (χ4n) is 4.55. The number of nitrogens with one attached hydrogen (secondary N) is 2. The van der Waals surface area contributed by atoms with Gasteiger partial charge in [0, 0.05) is 35.1 Å². The Bertz CT molecular complexity index is 902. The van der Waals surface area contributed by atoms with E-state index in [0.29, 0.717) is 24.1 Å². The highest BCUT2D eigenvalue weighted by Crippen LogP contribution is 2.36. The number of piperidine rings is 1. The summed E-state index contributed by atoms with van der Waals surface area (Å²) in [5.74, 6) is -0.0273. The second-order valence-corrected chi connectivity index (χ2v) is 9.29. The monoisotopic (exact) mass is 392 g/mol. The van der Waals surface area contributed by atoms with Crippen molar-refractivity contribution in [3.8, 4) is 5.75 Å². The fraction of sp³-hybridized carbons (Fsp3) is 0.571. The maximum Gasteiger partial charge on any atom is 0.336 e. The zero-order chi connectivity index (χ0) is 20.0. The minimum atomic E-state index is -0.411. The van der Waals surface area contributed by atoms with Crippen molar-refractivity contribution in [2.45, 2.75) is 77.5 Å². The molecule has 0 unspecified atom stereocenters. The second-order valence-electron chi connectivity index (χ2n) is 8.89. The van der Waals surface area contributed by atoms with Gasteiger partial charge in [-0.15, -0.1) is 0 Å². The molecule has 0 aliphatic carbocycles. The zero-order valence-electron chi connectivity index (χ0n) is 16.7. The molecule has 3 rings (SSSR count). The zero-order valence-corrected chi connectivity index (χ0v) is 17.5. The molecule has 3 N–H and O–H groups in total. The molecule has 0 bridgehead atoms. The van der Waals surface area contributed by atoms with Crippen LogP contribution in [0, 0.1) is 0 Å². The summed E-state index contributed by atoms with van der Waals surface area (Å²) in [5, 5.41) is 18.8. The average molecular weight is 393 g/mol. The van der Waals surface area contributed by atoms with Crippen LogP contribution in [0.15, 0.2) is 21.3 Å². The largest absolute Gasteiger partial charge is 0.506 e. The topological polar surface area (TPSA) is 74.5 Å². The van der Waals surface area contributed by atoms with Crippen molar-refractivity contribution >= 4 is 22.6 Å². The number of aromatic hydroxyl groups is 1. The molecule has 1 aromatic heterocycles. The van der Waals surface area contributed by atoms with Gasteiger partial charge in [-0.05, 0) is 58.6 Å². The molecule has 148 valence electrons. The predicted molar refractivity (Wildman–Crippen MR) is 110 cm³/mol. The Morgan fingerprint density at radius 1 is 1.26 bits per heavy atom. The molecular weight excluding hydrogens is 364 g/mol. The van der Waals surface area contributed by atoms with Gasteiger partial charge in [-0.3, -0.25) is 0 Å². The van der Waals surface area contributed by atoms with Gasteiger partial charge in [-0.1, -0.05) is 18.5 Å². The summed E-state index contributed by atoms with van der Waals surface area (Å²) in [6.07, 6.45) is 2.60. The number of hydrogen-bond donors (Lipinski definition) is 3. The molecule has 1 aliphatic heterocycles. The van der Waals surface area contributed by atoms with Crippen LogP contribution in [0.3, 0.4) is 0 Å².